The maximum absolute atomic E-state index is 13.0. The Labute approximate surface area is 209 Å². The molecule has 5 nitrogen and oxygen atoms in total. The van der Waals surface area contributed by atoms with Gasteiger partial charge in [-0.05, 0) is 53.4 Å². The molecule has 0 radical (unpaired) electrons. The summed E-state index contributed by atoms with van der Waals surface area (Å²) in [5, 5.41) is 5.32. The second-order valence-corrected chi connectivity index (χ2v) is 8.84. The van der Waals surface area contributed by atoms with Crippen molar-refractivity contribution >= 4 is 40.0 Å². The molecule has 3 aromatic carbocycles. The van der Waals surface area contributed by atoms with Gasteiger partial charge in [0.05, 0.1) is 14.2 Å². The number of carbonyl (C=O) groups excluding carboxylic acids is 1. The molecule has 0 saturated heterocycles. The van der Waals surface area contributed by atoms with E-state index >= 15 is 0 Å². The van der Waals surface area contributed by atoms with Crippen molar-refractivity contribution in [2.45, 2.75) is 18.8 Å². The summed E-state index contributed by atoms with van der Waals surface area (Å²) >= 11 is 12.2. The van der Waals surface area contributed by atoms with Crippen LogP contribution in [0, 0.1) is 0 Å². The Morgan fingerprint density at radius 2 is 1.79 bits per heavy atom. The summed E-state index contributed by atoms with van der Waals surface area (Å²) in [6.07, 6.45) is 2.88. The van der Waals surface area contributed by atoms with Crippen molar-refractivity contribution in [2.75, 3.05) is 20.8 Å². The molecule has 0 saturated carbocycles. The molecule has 4 rings (SSSR count). The number of methoxy groups -OCH3 is 2. The van der Waals surface area contributed by atoms with Crippen molar-refractivity contribution in [2.24, 2.45) is 0 Å². The first-order valence-corrected chi connectivity index (χ1v) is 11.7. The maximum Gasteiger partial charge on any atom is 0.220 e. The Bertz CT molecular complexity index is 1300. The predicted octanol–water partition coefficient (Wildman–Crippen LogP) is 6.37. The van der Waals surface area contributed by atoms with Crippen molar-refractivity contribution in [3.8, 4) is 11.5 Å². The first-order valence-electron chi connectivity index (χ1n) is 11.0. The Kier molecular flexibility index (Phi) is 7.66. The van der Waals surface area contributed by atoms with Gasteiger partial charge < -0.3 is 19.8 Å². The molecule has 34 heavy (non-hydrogen) atoms. The number of aromatic amines is 1. The van der Waals surface area contributed by atoms with Gasteiger partial charge >= 0.3 is 0 Å². The van der Waals surface area contributed by atoms with E-state index in [-0.39, 0.29) is 18.2 Å². The number of halogens is 2. The minimum Gasteiger partial charge on any atom is -0.493 e. The van der Waals surface area contributed by atoms with E-state index < -0.39 is 0 Å². The predicted molar refractivity (Wildman–Crippen MR) is 137 cm³/mol. The maximum atomic E-state index is 13.0. The highest BCUT2D eigenvalue weighted by Crippen LogP contribution is 2.37. The lowest BCUT2D eigenvalue weighted by Gasteiger charge is -2.19. The molecule has 1 amide bonds. The lowest BCUT2D eigenvalue weighted by atomic mass is 9.87. The van der Waals surface area contributed by atoms with Crippen molar-refractivity contribution in [3.05, 3.63) is 93.6 Å². The Morgan fingerprint density at radius 3 is 2.56 bits per heavy atom. The summed E-state index contributed by atoms with van der Waals surface area (Å²) in [6.45, 7) is 0.479. The number of ether oxygens (including phenoxy) is 2. The molecule has 4 aromatic rings. The van der Waals surface area contributed by atoms with Crippen LogP contribution < -0.4 is 14.8 Å². The van der Waals surface area contributed by atoms with Crippen molar-refractivity contribution in [1.29, 1.82) is 0 Å². The molecule has 1 aromatic heterocycles. The van der Waals surface area contributed by atoms with Gasteiger partial charge in [0.2, 0.25) is 5.91 Å². The summed E-state index contributed by atoms with van der Waals surface area (Å²) in [7, 11) is 3.21. The quantitative estimate of drug-likeness (QED) is 0.282. The van der Waals surface area contributed by atoms with Crippen LogP contribution >= 0.6 is 23.2 Å². The highest BCUT2D eigenvalue weighted by atomic mass is 35.5. The van der Waals surface area contributed by atoms with Crippen LogP contribution in [0.15, 0.2) is 66.9 Å². The number of benzene rings is 3. The number of nitrogens with one attached hydrogen (secondary N) is 2. The van der Waals surface area contributed by atoms with Crippen LogP contribution in [0.3, 0.4) is 0 Å². The average Bonchev–Trinajstić information content (AvgIpc) is 3.27. The fourth-order valence-corrected chi connectivity index (χ4v) is 4.68. The van der Waals surface area contributed by atoms with Crippen molar-refractivity contribution in [1.82, 2.24) is 10.3 Å². The monoisotopic (exact) mass is 496 g/mol. The van der Waals surface area contributed by atoms with E-state index in [1.54, 1.807) is 26.4 Å². The largest absolute Gasteiger partial charge is 0.493 e. The molecule has 1 unspecified atom stereocenters. The SMILES string of the molecule is COc1ccc(C(CC(=O)NCCc2ccc(Cl)cc2Cl)c2c[nH]c3ccccc23)cc1OC. The molecule has 0 aliphatic rings. The minimum atomic E-state index is -0.171. The van der Waals surface area contributed by atoms with E-state index in [1.165, 1.54) is 0 Å². The molecule has 176 valence electrons. The molecule has 0 aliphatic carbocycles. The molecular formula is C27H26Cl2N2O3. The third-order valence-corrected chi connectivity index (χ3v) is 6.51. The number of rotatable bonds is 9. The molecule has 7 heteroatoms. The van der Waals surface area contributed by atoms with Crippen molar-refractivity contribution in [3.63, 3.8) is 0 Å². The summed E-state index contributed by atoms with van der Waals surface area (Å²) in [5.41, 5.74) is 4.00. The van der Waals surface area contributed by atoms with Crippen LogP contribution in [-0.4, -0.2) is 31.7 Å². The van der Waals surface area contributed by atoms with E-state index in [0.717, 1.165) is 27.6 Å². The van der Waals surface area contributed by atoms with Gasteiger partial charge in [-0.3, -0.25) is 4.79 Å². The molecular weight excluding hydrogens is 471 g/mol. The van der Waals surface area contributed by atoms with Crippen LogP contribution in [0.2, 0.25) is 10.0 Å². The lowest BCUT2D eigenvalue weighted by molar-refractivity contribution is -0.121. The van der Waals surface area contributed by atoms with Crippen molar-refractivity contribution < 1.29 is 14.3 Å². The normalized spacial score (nSPS) is 11.9. The lowest BCUT2D eigenvalue weighted by Crippen LogP contribution is -2.27. The summed E-state index contributed by atoms with van der Waals surface area (Å²) in [4.78, 5) is 16.4. The second-order valence-electron chi connectivity index (χ2n) is 8.00. The molecule has 0 spiro atoms. The third kappa shape index (κ3) is 5.32. The van der Waals surface area contributed by atoms with Gasteiger partial charge in [-0.2, -0.15) is 0 Å². The fourth-order valence-electron chi connectivity index (χ4n) is 4.18. The average molecular weight is 497 g/mol. The molecule has 0 aliphatic heterocycles. The number of hydrogen-bond acceptors (Lipinski definition) is 3. The van der Waals surface area contributed by atoms with Gasteiger partial charge in [0.15, 0.2) is 11.5 Å². The topological polar surface area (TPSA) is 63.3 Å². The highest BCUT2D eigenvalue weighted by molar-refractivity contribution is 6.35. The summed E-state index contributed by atoms with van der Waals surface area (Å²) in [6, 6.07) is 19.3. The zero-order chi connectivity index (χ0) is 24.1. The number of amides is 1. The molecule has 2 N–H and O–H groups in total. The molecule has 0 fully saturated rings. The second kappa shape index (κ2) is 10.9. The fraction of sp³-hybridized carbons (Fsp3) is 0.222. The van der Waals surface area contributed by atoms with Crippen LogP contribution in [0.25, 0.3) is 10.9 Å². The van der Waals surface area contributed by atoms with Crippen LogP contribution in [0.4, 0.5) is 0 Å². The number of fused-ring (bicyclic) bond motifs is 1. The van der Waals surface area contributed by atoms with Gasteiger partial charge in [0.1, 0.15) is 0 Å². The van der Waals surface area contributed by atoms with E-state index in [1.807, 2.05) is 48.7 Å². The minimum absolute atomic E-state index is 0.0462. The van der Waals surface area contributed by atoms with E-state index in [2.05, 4.69) is 16.4 Å². The molecule has 1 atom stereocenters. The highest BCUT2D eigenvalue weighted by Gasteiger charge is 2.23. The van der Waals surface area contributed by atoms with E-state index in [9.17, 15) is 4.79 Å². The number of hydrogen-bond donors (Lipinski definition) is 2. The summed E-state index contributed by atoms with van der Waals surface area (Å²) in [5.74, 6) is 1.06. The summed E-state index contributed by atoms with van der Waals surface area (Å²) < 4.78 is 10.9. The van der Waals surface area contributed by atoms with Crippen LogP contribution in [0.5, 0.6) is 11.5 Å². The number of para-hydroxylation sites is 1. The van der Waals surface area contributed by atoms with Crippen LogP contribution in [-0.2, 0) is 11.2 Å². The standard InChI is InChI=1S/C27H26Cl2N2O3/c1-33-25-10-8-18(13-26(25)34-2)21(22-16-31-24-6-4-3-5-20(22)24)15-27(32)30-12-11-17-7-9-19(28)14-23(17)29/h3-10,13-14,16,21,31H,11-12,15H2,1-2H3,(H,30,32). The number of carbonyl (C=O) groups is 1. The third-order valence-electron chi connectivity index (χ3n) is 5.93. The Morgan fingerprint density at radius 1 is 1.00 bits per heavy atom. The number of H-pyrrole nitrogens is 1. The first-order chi connectivity index (χ1) is 16.5. The number of aromatic nitrogens is 1. The smallest absolute Gasteiger partial charge is 0.220 e. The molecule has 0 bridgehead atoms. The van der Waals surface area contributed by atoms with Gasteiger partial charge in [-0.1, -0.05) is 53.5 Å². The van der Waals surface area contributed by atoms with E-state index in [0.29, 0.717) is 34.5 Å². The first kappa shape index (κ1) is 24.0. The molecule has 1 heterocycles. The van der Waals surface area contributed by atoms with E-state index in [4.69, 9.17) is 32.7 Å². The zero-order valence-electron chi connectivity index (χ0n) is 19.0. The van der Waals surface area contributed by atoms with Gasteiger partial charge in [-0.15, -0.1) is 0 Å². The van der Waals surface area contributed by atoms with Crippen LogP contribution in [0.1, 0.15) is 29.0 Å². The van der Waals surface area contributed by atoms with Gasteiger partial charge in [0, 0.05) is 46.0 Å². The zero-order valence-corrected chi connectivity index (χ0v) is 20.5. The van der Waals surface area contributed by atoms with Gasteiger partial charge in [0.25, 0.3) is 0 Å². The Hall–Kier alpha value is -3.15. The van der Waals surface area contributed by atoms with Gasteiger partial charge in [-0.25, -0.2) is 0 Å². The Balaban J connectivity index is 1.56.